The van der Waals surface area contributed by atoms with Crippen LogP contribution >= 0.6 is 0 Å². The van der Waals surface area contributed by atoms with E-state index >= 15 is 0 Å². The van der Waals surface area contributed by atoms with Crippen LogP contribution in [0.15, 0.2) is 54.6 Å². The average Bonchev–Trinajstić information content (AvgIpc) is 2.59. The number of carbonyl (C=O) groups is 1. The highest BCUT2D eigenvalue weighted by Gasteiger charge is 2.06. The molecule has 0 radical (unpaired) electrons. The first-order valence-corrected chi connectivity index (χ1v) is 8.57. The van der Waals surface area contributed by atoms with Crippen molar-refractivity contribution in [2.24, 2.45) is 0 Å². The largest absolute Gasteiger partial charge is 0.481 e. The van der Waals surface area contributed by atoms with Gasteiger partial charge in [-0.15, -0.1) is 0 Å². The number of carboxylic acids is 1. The summed E-state index contributed by atoms with van der Waals surface area (Å²) in [4.78, 5) is 10.5. The van der Waals surface area contributed by atoms with Crippen LogP contribution in [0.3, 0.4) is 0 Å². The van der Waals surface area contributed by atoms with Crippen molar-refractivity contribution in [3.05, 3.63) is 60.2 Å². The van der Waals surface area contributed by atoms with Crippen LogP contribution in [0.1, 0.15) is 31.2 Å². The maximum absolute atomic E-state index is 10.5. The van der Waals surface area contributed by atoms with Crippen molar-refractivity contribution in [2.75, 3.05) is 6.54 Å². The Labute approximate surface area is 142 Å². The van der Waals surface area contributed by atoms with Gasteiger partial charge in [-0.2, -0.15) is 0 Å². The molecular formula is C21H23NO2. The highest BCUT2D eigenvalue weighted by molar-refractivity contribution is 6.02. The molecule has 3 rings (SSSR count). The van der Waals surface area contributed by atoms with Crippen LogP contribution in [0.2, 0.25) is 0 Å². The lowest BCUT2D eigenvalue weighted by Crippen LogP contribution is -2.15. The summed E-state index contributed by atoms with van der Waals surface area (Å²) in [5, 5.41) is 17.3. The molecule has 3 heteroatoms. The molecule has 0 spiro atoms. The van der Waals surface area contributed by atoms with Crippen molar-refractivity contribution >= 4 is 27.5 Å². The zero-order valence-electron chi connectivity index (χ0n) is 13.8. The minimum atomic E-state index is -0.704. The highest BCUT2D eigenvalue weighted by atomic mass is 16.4. The Morgan fingerprint density at radius 2 is 1.50 bits per heavy atom. The van der Waals surface area contributed by atoms with E-state index in [1.54, 1.807) is 0 Å². The molecule has 0 heterocycles. The van der Waals surface area contributed by atoms with E-state index < -0.39 is 5.97 Å². The Kier molecular flexibility index (Phi) is 5.44. The van der Waals surface area contributed by atoms with Gasteiger partial charge in [-0.25, -0.2) is 0 Å². The maximum atomic E-state index is 10.5. The molecule has 0 saturated heterocycles. The summed E-state index contributed by atoms with van der Waals surface area (Å²) in [6.45, 7) is 1.75. The van der Waals surface area contributed by atoms with Crippen LogP contribution in [0, 0.1) is 0 Å². The molecule has 0 bridgehead atoms. The van der Waals surface area contributed by atoms with E-state index in [0.29, 0.717) is 0 Å². The first kappa shape index (κ1) is 16.5. The fraction of sp³-hybridized carbons (Fsp3) is 0.286. The molecule has 0 fully saturated rings. The van der Waals surface area contributed by atoms with Gasteiger partial charge >= 0.3 is 5.97 Å². The minimum absolute atomic E-state index is 0.272. The number of aliphatic carboxylic acids is 1. The Balaban J connectivity index is 1.69. The maximum Gasteiger partial charge on any atom is 0.303 e. The summed E-state index contributed by atoms with van der Waals surface area (Å²) in [6.07, 6.45) is 2.99. The fourth-order valence-corrected chi connectivity index (χ4v) is 3.21. The summed E-state index contributed by atoms with van der Waals surface area (Å²) in [7, 11) is 0. The summed E-state index contributed by atoms with van der Waals surface area (Å²) in [6, 6.07) is 19.3. The normalized spacial score (nSPS) is 11.2. The molecule has 124 valence electrons. The molecule has 0 atom stereocenters. The van der Waals surface area contributed by atoms with E-state index in [-0.39, 0.29) is 6.42 Å². The average molecular weight is 321 g/mol. The van der Waals surface area contributed by atoms with E-state index in [1.807, 2.05) is 0 Å². The molecule has 0 amide bonds. The predicted octanol–water partition coefficient (Wildman–Crippen LogP) is 4.73. The van der Waals surface area contributed by atoms with Crippen molar-refractivity contribution in [1.29, 1.82) is 0 Å². The number of hydrogen-bond donors (Lipinski definition) is 2. The van der Waals surface area contributed by atoms with Gasteiger partial charge in [0.15, 0.2) is 0 Å². The van der Waals surface area contributed by atoms with Crippen LogP contribution < -0.4 is 5.32 Å². The van der Waals surface area contributed by atoms with Crippen LogP contribution in [0.4, 0.5) is 0 Å². The minimum Gasteiger partial charge on any atom is -0.481 e. The number of nitrogens with one attached hydrogen (secondary N) is 1. The van der Waals surface area contributed by atoms with Gasteiger partial charge in [-0.3, -0.25) is 4.79 Å². The van der Waals surface area contributed by atoms with Crippen LogP contribution in [0.5, 0.6) is 0 Å². The standard InChI is InChI=1S/C21H23NO2/c23-21(24)12-2-1-7-13-22-15-20-18-10-5-3-8-16(18)14-17-9-4-6-11-19(17)20/h3-6,8-11,14,22H,1-2,7,12-13,15H2,(H,23,24). The molecule has 24 heavy (non-hydrogen) atoms. The van der Waals surface area contributed by atoms with Crippen molar-refractivity contribution in [3.8, 4) is 0 Å². The van der Waals surface area contributed by atoms with E-state index in [9.17, 15) is 4.79 Å². The highest BCUT2D eigenvalue weighted by Crippen LogP contribution is 2.28. The number of benzene rings is 3. The van der Waals surface area contributed by atoms with E-state index in [4.69, 9.17) is 5.11 Å². The topological polar surface area (TPSA) is 49.3 Å². The summed E-state index contributed by atoms with van der Waals surface area (Å²) >= 11 is 0. The Hall–Kier alpha value is -2.39. The summed E-state index contributed by atoms with van der Waals surface area (Å²) in [5.74, 6) is -0.704. The molecule has 0 aliphatic rings. The molecular weight excluding hydrogens is 298 g/mol. The molecule has 2 N–H and O–H groups in total. The van der Waals surface area contributed by atoms with Crippen molar-refractivity contribution < 1.29 is 9.90 Å². The molecule has 0 aliphatic heterocycles. The lowest BCUT2D eigenvalue weighted by atomic mass is 9.97. The van der Waals surface area contributed by atoms with Gasteiger partial charge in [0, 0.05) is 13.0 Å². The van der Waals surface area contributed by atoms with E-state index in [2.05, 4.69) is 59.9 Å². The Morgan fingerprint density at radius 3 is 2.12 bits per heavy atom. The van der Waals surface area contributed by atoms with Crippen LogP contribution in [-0.4, -0.2) is 17.6 Å². The number of fused-ring (bicyclic) bond motifs is 2. The van der Waals surface area contributed by atoms with Crippen molar-refractivity contribution in [1.82, 2.24) is 5.32 Å². The summed E-state index contributed by atoms with van der Waals surface area (Å²) in [5.41, 5.74) is 1.34. The molecule has 3 nitrogen and oxygen atoms in total. The Morgan fingerprint density at radius 1 is 0.875 bits per heavy atom. The van der Waals surface area contributed by atoms with E-state index in [0.717, 1.165) is 32.4 Å². The predicted molar refractivity (Wildman–Crippen MR) is 99.3 cm³/mol. The fourth-order valence-electron chi connectivity index (χ4n) is 3.21. The van der Waals surface area contributed by atoms with Crippen molar-refractivity contribution in [2.45, 2.75) is 32.2 Å². The van der Waals surface area contributed by atoms with Gasteiger partial charge in [-0.05, 0) is 52.6 Å². The molecule has 3 aromatic carbocycles. The van der Waals surface area contributed by atoms with Gasteiger partial charge in [-0.1, -0.05) is 55.0 Å². The Bertz CT molecular complexity index is 787. The third-order valence-electron chi connectivity index (χ3n) is 4.43. The van der Waals surface area contributed by atoms with E-state index in [1.165, 1.54) is 27.1 Å². The second-order valence-electron chi connectivity index (χ2n) is 6.18. The first-order valence-electron chi connectivity index (χ1n) is 8.57. The van der Waals surface area contributed by atoms with Crippen LogP contribution in [-0.2, 0) is 11.3 Å². The van der Waals surface area contributed by atoms with Gasteiger partial charge in [0.1, 0.15) is 0 Å². The van der Waals surface area contributed by atoms with Gasteiger partial charge in [0.05, 0.1) is 0 Å². The second-order valence-corrected chi connectivity index (χ2v) is 6.18. The zero-order chi connectivity index (χ0) is 16.8. The monoisotopic (exact) mass is 321 g/mol. The lowest BCUT2D eigenvalue weighted by Gasteiger charge is -2.12. The third kappa shape index (κ3) is 3.92. The third-order valence-corrected chi connectivity index (χ3v) is 4.43. The second kappa shape index (κ2) is 7.93. The molecule has 3 aromatic rings. The SMILES string of the molecule is O=C(O)CCCCCNCc1c2ccccc2cc2ccccc12. The smallest absolute Gasteiger partial charge is 0.303 e. The molecule has 0 aromatic heterocycles. The number of rotatable bonds is 8. The number of hydrogen-bond acceptors (Lipinski definition) is 2. The number of unbranched alkanes of at least 4 members (excludes halogenated alkanes) is 2. The van der Waals surface area contributed by atoms with Gasteiger partial charge in [0.2, 0.25) is 0 Å². The molecule has 0 unspecified atom stereocenters. The molecule has 0 saturated carbocycles. The summed E-state index contributed by atoms with van der Waals surface area (Å²) < 4.78 is 0. The van der Waals surface area contributed by atoms with Crippen LogP contribution in [0.25, 0.3) is 21.5 Å². The lowest BCUT2D eigenvalue weighted by molar-refractivity contribution is -0.137. The quantitative estimate of drug-likeness (QED) is 0.466. The van der Waals surface area contributed by atoms with Gasteiger partial charge < -0.3 is 10.4 Å². The van der Waals surface area contributed by atoms with Gasteiger partial charge in [0.25, 0.3) is 0 Å². The zero-order valence-corrected chi connectivity index (χ0v) is 13.8. The van der Waals surface area contributed by atoms with Crippen molar-refractivity contribution in [3.63, 3.8) is 0 Å². The molecule has 0 aliphatic carbocycles. The number of carboxylic acid groups (broad SMARTS) is 1. The first-order chi connectivity index (χ1) is 11.8.